The molecule has 0 spiro atoms. The summed E-state index contributed by atoms with van der Waals surface area (Å²) in [4.78, 5) is 11.0. The molecular formula is C11H20ClNO4S. The molecule has 0 saturated heterocycles. The Morgan fingerprint density at radius 2 is 2.00 bits per heavy atom. The molecule has 0 amide bonds. The van der Waals surface area contributed by atoms with Crippen molar-refractivity contribution in [2.24, 2.45) is 5.92 Å². The number of carbonyl (C=O) groups is 1. The van der Waals surface area contributed by atoms with Crippen molar-refractivity contribution in [3.63, 3.8) is 0 Å². The minimum absolute atomic E-state index is 0.122. The van der Waals surface area contributed by atoms with Crippen LogP contribution in [0.1, 0.15) is 32.1 Å². The minimum Gasteiger partial charge on any atom is -0.468 e. The molecule has 7 heteroatoms. The van der Waals surface area contributed by atoms with E-state index in [0.717, 1.165) is 25.7 Å². The maximum Gasteiger partial charge on any atom is 0.325 e. The van der Waals surface area contributed by atoms with Gasteiger partial charge in [-0.3, -0.25) is 4.79 Å². The van der Waals surface area contributed by atoms with Gasteiger partial charge in [0.15, 0.2) is 0 Å². The van der Waals surface area contributed by atoms with Crippen molar-refractivity contribution in [1.82, 2.24) is 4.72 Å². The SMILES string of the molecule is COC(=O)C(Cl)CNS(=O)(=O)CC1CCCCC1. The Morgan fingerprint density at radius 3 is 2.56 bits per heavy atom. The van der Waals surface area contributed by atoms with Crippen LogP contribution in [0, 0.1) is 5.92 Å². The van der Waals surface area contributed by atoms with Crippen LogP contribution in [-0.4, -0.2) is 39.2 Å². The predicted octanol–water partition coefficient (Wildman–Crippen LogP) is 1.27. The number of carbonyl (C=O) groups excluding carboxylic acids is 1. The Kier molecular flexibility index (Phi) is 6.38. The summed E-state index contributed by atoms with van der Waals surface area (Å²) < 4.78 is 30.4. The van der Waals surface area contributed by atoms with Gasteiger partial charge in [-0.05, 0) is 18.8 Å². The smallest absolute Gasteiger partial charge is 0.325 e. The van der Waals surface area contributed by atoms with Crippen LogP contribution in [0.25, 0.3) is 0 Å². The summed E-state index contributed by atoms with van der Waals surface area (Å²) in [5.41, 5.74) is 0. The van der Waals surface area contributed by atoms with Crippen LogP contribution in [0.15, 0.2) is 0 Å². The lowest BCUT2D eigenvalue weighted by Crippen LogP contribution is -2.37. The third kappa shape index (κ3) is 5.54. The summed E-state index contributed by atoms with van der Waals surface area (Å²) in [7, 11) is -2.14. The van der Waals surface area contributed by atoms with Gasteiger partial charge in [-0.1, -0.05) is 19.3 Å². The zero-order valence-electron chi connectivity index (χ0n) is 10.5. The van der Waals surface area contributed by atoms with Crippen molar-refractivity contribution in [2.75, 3.05) is 19.4 Å². The van der Waals surface area contributed by atoms with E-state index in [9.17, 15) is 13.2 Å². The highest BCUT2D eigenvalue weighted by Crippen LogP contribution is 2.24. The van der Waals surface area contributed by atoms with Crippen molar-refractivity contribution in [3.05, 3.63) is 0 Å². The van der Waals surface area contributed by atoms with Crippen molar-refractivity contribution in [3.8, 4) is 0 Å². The number of hydrogen-bond donors (Lipinski definition) is 1. The lowest BCUT2D eigenvalue weighted by molar-refractivity contribution is -0.140. The van der Waals surface area contributed by atoms with E-state index >= 15 is 0 Å². The molecule has 0 heterocycles. The van der Waals surface area contributed by atoms with Crippen molar-refractivity contribution >= 4 is 27.6 Å². The maximum atomic E-state index is 11.8. The standard InChI is InChI=1S/C11H20ClNO4S/c1-17-11(14)10(12)7-13-18(15,16)8-9-5-3-2-4-6-9/h9-10,13H,2-8H2,1H3. The second kappa shape index (κ2) is 7.31. The van der Waals surface area contributed by atoms with Gasteiger partial charge in [0.25, 0.3) is 0 Å². The summed E-state index contributed by atoms with van der Waals surface area (Å²) >= 11 is 5.68. The number of hydrogen-bond acceptors (Lipinski definition) is 4. The highest BCUT2D eigenvalue weighted by atomic mass is 35.5. The maximum absolute atomic E-state index is 11.8. The molecule has 5 nitrogen and oxygen atoms in total. The average Bonchev–Trinajstić information content (AvgIpc) is 2.35. The molecule has 1 N–H and O–H groups in total. The van der Waals surface area contributed by atoms with E-state index in [0.29, 0.717) is 0 Å². The van der Waals surface area contributed by atoms with Gasteiger partial charge in [-0.15, -0.1) is 11.6 Å². The first-order chi connectivity index (χ1) is 8.44. The Labute approximate surface area is 113 Å². The van der Waals surface area contributed by atoms with E-state index in [2.05, 4.69) is 9.46 Å². The molecule has 0 aromatic carbocycles. The van der Waals surface area contributed by atoms with E-state index in [1.165, 1.54) is 13.5 Å². The lowest BCUT2D eigenvalue weighted by atomic mass is 9.91. The number of nitrogens with one attached hydrogen (secondary N) is 1. The first-order valence-electron chi connectivity index (χ1n) is 6.14. The number of halogens is 1. The zero-order valence-corrected chi connectivity index (χ0v) is 12.1. The highest BCUT2D eigenvalue weighted by molar-refractivity contribution is 7.89. The molecule has 1 aliphatic rings. The second-order valence-electron chi connectivity index (χ2n) is 4.62. The van der Waals surface area contributed by atoms with Crippen LogP contribution in [0.4, 0.5) is 0 Å². The van der Waals surface area contributed by atoms with Crippen molar-refractivity contribution in [2.45, 2.75) is 37.5 Å². The monoisotopic (exact) mass is 297 g/mol. The van der Waals surface area contributed by atoms with Crippen LogP contribution in [0.3, 0.4) is 0 Å². The molecule has 106 valence electrons. The third-order valence-corrected chi connectivity index (χ3v) is 4.97. The zero-order chi connectivity index (χ0) is 13.6. The fraction of sp³-hybridized carbons (Fsp3) is 0.909. The van der Waals surface area contributed by atoms with Gasteiger partial charge in [0.05, 0.1) is 12.9 Å². The minimum atomic E-state index is -3.36. The number of alkyl halides is 1. The predicted molar refractivity (Wildman–Crippen MR) is 70.0 cm³/mol. The normalized spacial score (nSPS) is 19.4. The van der Waals surface area contributed by atoms with E-state index in [4.69, 9.17) is 11.6 Å². The summed E-state index contributed by atoms with van der Waals surface area (Å²) in [6, 6.07) is 0. The Hall–Kier alpha value is -0.330. The van der Waals surface area contributed by atoms with Crippen LogP contribution in [0.2, 0.25) is 0 Å². The second-order valence-corrected chi connectivity index (χ2v) is 7.00. The van der Waals surface area contributed by atoms with Gasteiger partial charge in [0, 0.05) is 6.54 Å². The van der Waals surface area contributed by atoms with Crippen LogP contribution < -0.4 is 4.72 Å². The van der Waals surface area contributed by atoms with Crippen LogP contribution in [0.5, 0.6) is 0 Å². The van der Waals surface area contributed by atoms with Crippen molar-refractivity contribution < 1.29 is 17.9 Å². The molecule has 0 aliphatic heterocycles. The van der Waals surface area contributed by atoms with Gasteiger partial charge in [-0.2, -0.15) is 0 Å². The Bertz CT molecular complexity index is 365. The molecule has 1 rings (SSSR count). The highest BCUT2D eigenvalue weighted by Gasteiger charge is 2.23. The molecule has 1 unspecified atom stereocenters. The fourth-order valence-electron chi connectivity index (χ4n) is 2.13. The molecule has 1 saturated carbocycles. The first kappa shape index (κ1) is 15.7. The molecule has 1 atom stereocenters. The quantitative estimate of drug-likeness (QED) is 0.592. The van der Waals surface area contributed by atoms with E-state index in [1.807, 2.05) is 0 Å². The lowest BCUT2D eigenvalue weighted by Gasteiger charge is -2.21. The van der Waals surface area contributed by atoms with Gasteiger partial charge in [0.2, 0.25) is 10.0 Å². The average molecular weight is 298 g/mol. The van der Waals surface area contributed by atoms with Gasteiger partial charge < -0.3 is 4.74 Å². The van der Waals surface area contributed by atoms with Gasteiger partial charge in [-0.25, -0.2) is 13.1 Å². The topological polar surface area (TPSA) is 72.5 Å². The van der Waals surface area contributed by atoms with E-state index in [-0.39, 0.29) is 18.2 Å². The first-order valence-corrected chi connectivity index (χ1v) is 8.22. The molecule has 0 radical (unpaired) electrons. The molecule has 0 aromatic rings. The largest absolute Gasteiger partial charge is 0.468 e. The summed E-state index contributed by atoms with van der Waals surface area (Å²) in [5.74, 6) is -0.280. The number of esters is 1. The molecule has 0 bridgehead atoms. The molecule has 18 heavy (non-hydrogen) atoms. The Balaban J connectivity index is 2.37. The fourth-order valence-corrected chi connectivity index (χ4v) is 3.88. The molecule has 0 aromatic heterocycles. The summed E-state index contributed by atoms with van der Waals surface area (Å²) in [5, 5.41) is -0.976. The van der Waals surface area contributed by atoms with Crippen LogP contribution in [-0.2, 0) is 19.6 Å². The molecule has 1 aliphatic carbocycles. The molecular weight excluding hydrogens is 278 g/mol. The Morgan fingerprint density at radius 1 is 1.39 bits per heavy atom. The summed E-state index contributed by atoms with van der Waals surface area (Å²) in [6.45, 7) is -0.122. The number of ether oxygens (including phenoxy) is 1. The number of sulfonamides is 1. The van der Waals surface area contributed by atoms with E-state index in [1.54, 1.807) is 0 Å². The van der Waals surface area contributed by atoms with Crippen molar-refractivity contribution in [1.29, 1.82) is 0 Å². The van der Waals surface area contributed by atoms with Crippen LogP contribution >= 0.6 is 11.6 Å². The van der Waals surface area contributed by atoms with Gasteiger partial charge >= 0.3 is 5.97 Å². The third-order valence-electron chi connectivity index (χ3n) is 3.12. The summed E-state index contributed by atoms with van der Waals surface area (Å²) in [6.07, 6.45) is 5.31. The van der Waals surface area contributed by atoms with Gasteiger partial charge in [0.1, 0.15) is 5.38 Å². The number of rotatable bonds is 6. The van der Waals surface area contributed by atoms with E-state index < -0.39 is 21.4 Å². The molecule has 1 fully saturated rings. The number of methoxy groups -OCH3 is 1.